The van der Waals surface area contributed by atoms with E-state index in [0.717, 1.165) is 29.6 Å². The molecule has 0 radical (unpaired) electrons. The summed E-state index contributed by atoms with van der Waals surface area (Å²) in [5.74, 6) is 0. The molecule has 0 fully saturated rings. The molecular formula is C15H19F3N2. The summed E-state index contributed by atoms with van der Waals surface area (Å²) in [5, 5.41) is 4.34. The van der Waals surface area contributed by atoms with Crippen LogP contribution in [0, 0.1) is 0 Å². The van der Waals surface area contributed by atoms with Crippen LogP contribution in [0.4, 0.5) is 13.2 Å². The fraction of sp³-hybridized carbons (Fsp3) is 0.467. The molecule has 0 aliphatic heterocycles. The standard InChI is InChI=1S/C15H19F3N2/c1-2-19-11-13-6-3-5-12-7-10-20(14(12)13)9-4-8-15(16,17)18/h3,5-7,10,19H,2,4,8-9,11H2,1H3. The van der Waals surface area contributed by atoms with E-state index in [1.807, 2.05) is 42.0 Å². The number of benzene rings is 1. The van der Waals surface area contributed by atoms with Gasteiger partial charge < -0.3 is 9.88 Å². The van der Waals surface area contributed by atoms with Gasteiger partial charge in [0.2, 0.25) is 0 Å². The third kappa shape index (κ3) is 3.76. The molecule has 1 aromatic carbocycles. The molecule has 0 aliphatic rings. The van der Waals surface area contributed by atoms with Crippen LogP contribution in [0.2, 0.25) is 0 Å². The lowest BCUT2D eigenvalue weighted by atomic mass is 10.1. The number of aromatic nitrogens is 1. The highest BCUT2D eigenvalue weighted by Crippen LogP contribution is 2.24. The molecule has 110 valence electrons. The van der Waals surface area contributed by atoms with Crippen LogP contribution in [0.25, 0.3) is 10.9 Å². The molecule has 0 bridgehead atoms. The number of alkyl halides is 3. The minimum Gasteiger partial charge on any atom is -0.347 e. The predicted molar refractivity (Wildman–Crippen MR) is 74.6 cm³/mol. The molecule has 0 unspecified atom stereocenters. The Labute approximate surface area is 116 Å². The Balaban J connectivity index is 2.16. The monoisotopic (exact) mass is 284 g/mol. The van der Waals surface area contributed by atoms with Crippen molar-refractivity contribution < 1.29 is 13.2 Å². The smallest absolute Gasteiger partial charge is 0.347 e. The zero-order valence-corrected chi connectivity index (χ0v) is 11.5. The van der Waals surface area contributed by atoms with E-state index in [4.69, 9.17) is 0 Å². The molecule has 2 rings (SSSR count). The van der Waals surface area contributed by atoms with Gasteiger partial charge in [-0.15, -0.1) is 0 Å². The van der Waals surface area contributed by atoms with Gasteiger partial charge in [0.15, 0.2) is 0 Å². The summed E-state index contributed by atoms with van der Waals surface area (Å²) in [6.07, 6.45) is -2.82. The van der Waals surface area contributed by atoms with Crippen LogP contribution in [0.1, 0.15) is 25.3 Å². The zero-order valence-electron chi connectivity index (χ0n) is 11.5. The maximum absolute atomic E-state index is 12.2. The van der Waals surface area contributed by atoms with Gasteiger partial charge in [-0.1, -0.05) is 25.1 Å². The van der Waals surface area contributed by atoms with E-state index in [2.05, 4.69) is 5.32 Å². The summed E-state index contributed by atoms with van der Waals surface area (Å²) in [4.78, 5) is 0. The van der Waals surface area contributed by atoms with Crippen LogP contribution in [0.15, 0.2) is 30.5 Å². The van der Waals surface area contributed by atoms with Crippen LogP contribution in [0.5, 0.6) is 0 Å². The lowest BCUT2D eigenvalue weighted by Crippen LogP contribution is -2.13. The number of nitrogens with zero attached hydrogens (tertiary/aromatic N) is 1. The molecule has 20 heavy (non-hydrogen) atoms. The fourth-order valence-electron chi connectivity index (χ4n) is 2.38. The second kappa shape index (κ2) is 6.31. The first kappa shape index (κ1) is 14.9. The first-order chi connectivity index (χ1) is 9.51. The zero-order chi connectivity index (χ0) is 14.6. The SMILES string of the molecule is CCNCc1cccc2ccn(CCCC(F)(F)F)c12. The Bertz CT molecular complexity index is 558. The van der Waals surface area contributed by atoms with E-state index in [9.17, 15) is 13.2 Å². The van der Waals surface area contributed by atoms with Gasteiger partial charge in [-0.05, 0) is 30.0 Å². The third-order valence-corrected chi connectivity index (χ3v) is 3.30. The van der Waals surface area contributed by atoms with Crippen molar-refractivity contribution in [2.45, 2.75) is 39.0 Å². The van der Waals surface area contributed by atoms with Gasteiger partial charge in [-0.25, -0.2) is 0 Å². The highest BCUT2D eigenvalue weighted by Gasteiger charge is 2.26. The van der Waals surface area contributed by atoms with E-state index in [1.54, 1.807) is 0 Å². The normalized spacial score (nSPS) is 12.2. The maximum Gasteiger partial charge on any atom is 0.389 e. The molecule has 1 N–H and O–H groups in total. The number of nitrogens with one attached hydrogen (secondary N) is 1. The number of para-hydroxylation sites is 1. The summed E-state index contributed by atoms with van der Waals surface area (Å²) in [6.45, 7) is 4.02. The molecule has 0 atom stereocenters. The second-order valence-corrected chi connectivity index (χ2v) is 4.86. The van der Waals surface area contributed by atoms with Crippen molar-refractivity contribution >= 4 is 10.9 Å². The largest absolute Gasteiger partial charge is 0.389 e. The molecule has 0 spiro atoms. The summed E-state index contributed by atoms with van der Waals surface area (Å²) in [6, 6.07) is 7.95. The second-order valence-electron chi connectivity index (χ2n) is 4.86. The lowest BCUT2D eigenvalue weighted by Gasteiger charge is -2.11. The number of halogens is 3. The van der Waals surface area contributed by atoms with E-state index >= 15 is 0 Å². The Morgan fingerprint density at radius 1 is 1.20 bits per heavy atom. The van der Waals surface area contributed by atoms with Crippen LogP contribution >= 0.6 is 0 Å². The highest BCUT2D eigenvalue weighted by molar-refractivity contribution is 5.83. The minimum atomic E-state index is -4.07. The average Bonchev–Trinajstić information content (AvgIpc) is 2.79. The van der Waals surface area contributed by atoms with Crippen molar-refractivity contribution in [2.75, 3.05) is 6.54 Å². The topological polar surface area (TPSA) is 17.0 Å². The van der Waals surface area contributed by atoms with E-state index in [-0.39, 0.29) is 6.42 Å². The molecular weight excluding hydrogens is 265 g/mol. The van der Waals surface area contributed by atoms with Crippen molar-refractivity contribution in [3.05, 3.63) is 36.0 Å². The van der Waals surface area contributed by atoms with Gasteiger partial charge in [0.25, 0.3) is 0 Å². The number of hydrogen-bond acceptors (Lipinski definition) is 1. The number of fused-ring (bicyclic) bond motifs is 1. The van der Waals surface area contributed by atoms with Gasteiger partial charge in [0.1, 0.15) is 0 Å². The molecule has 5 heteroatoms. The molecule has 0 saturated heterocycles. The highest BCUT2D eigenvalue weighted by atomic mass is 19.4. The van der Waals surface area contributed by atoms with Gasteiger partial charge in [-0.3, -0.25) is 0 Å². The fourth-order valence-corrected chi connectivity index (χ4v) is 2.38. The van der Waals surface area contributed by atoms with Gasteiger partial charge in [-0.2, -0.15) is 13.2 Å². The molecule has 2 nitrogen and oxygen atoms in total. The number of aryl methyl sites for hydroxylation is 1. The van der Waals surface area contributed by atoms with Gasteiger partial charge in [0.05, 0.1) is 5.52 Å². The molecule has 1 heterocycles. The van der Waals surface area contributed by atoms with Crippen LogP contribution in [0.3, 0.4) is 0 Å². The summed E-state index contributed by atoms with van der Waals surface area (Å²) in [7, 11) is 0. The molecule has 0 amide bonds. The summed E-state index contributed by atoms with van der Waals surface area (Å²) in [5.41, 5.74) is 2.16. The van der Waals surface area contributed by atoms with Crippen molar-refractivity contribution in [1.29, 1.82) is 0 Å². The minimum absolute atomic E-state index is 0.114. The number of hydrogen-bond donors (Lipinski definition) is 1. The summed E-state index contributed by atoms with van der Waals surface area (Å²) >= 11 is 0. The predicted octanol–water partition coefficient (Wildman–Crippen LogP) is 4.09. The Hall–Kier alpha value is -1.49. The van der Waals surface area contributed by atoms with Crippen molar-refractivity contribution in [3.63, 3.8) is 0 Å². The Morgan fingerprint density at radius 3 is 2.70 bits per heavy atom. The van der Waals surface area contributed by atoms with Crippen LogP contribution < -0.4 is 5.32 Å². The molecule has 1 aromatic heterocycles. The van der Waals surface area contributed by atoms with Crippen molar-refractivity contribution in [1.82, 2.24) is 9.88 Å². The Morgan fingerprint density at radius 2 is 2.00 bits per heavy atom. The van der Waals surface area contributed by atoms with Gasteiger partial charge in [0, 0.05) is 25.7 Å². The molecule has 0 aliphatic carbocycles. The maximum atomic E-state index is 12.2. The lowest BCUT2D eigenvalue weighted by molar-refractivity contribution is -0.135. The van der Waals surface area contributed by atoms with E-state index in [1.165, 1.54) is 0 Å². The van der Waals surface area contributed by atoms with E-state index < -0.39 is 12.6 Å². The van der Waals surface area contributed by atoms with Crippen LogP contribution in [-0.2, 0) is 13.1 Å². The number of rotatable bonds is 6. The molecule has 0 saturated carbocycles. The average molecular weight is 284 g/mol. The Kier molecular flexibility index (Phi) is 4.70. The first-order valence-electron chi connectivity index (χ1n) is 6.85. The quantitative estimate of drug-likeness (QED) is 0.845. The van der Waals surface area contributed by atoms with Crippen LogP contribution in [-0.4, -0.2) is 17.3 Å². The van der Waals surface area contributed by atoms with Crippen molar-refractivity contribution in [2.24, 2.45) is 0 Å². The van der Waals surface area contributed by atoms with Crippen molar-refractivity contribution in [3.8, 4) is 0 Å². The van der Waals surface area contributed by atoms with E-state index in [0.29, 0.717) is 6.54 Å². The summed E-state index contributed by atoms with van der Waals surface area (Å²) < 4.78 is 38.6. The first-order valence-corrected chi connectivity index (χ1v) is 6.85. The molecule has 2 aromatic rings. The third-order valence-electron chi connectivity index (χ3n) is 3.30. The van der Waals surface area contributed by atoms with Gasteiger partial charge >= 0.3 is 6.18 Å².